The predicted octanol–water partition coefficient (Wildman–Crippen LogP) is 1.75. The molecule has 1 N–H and O–H groups in total. The number of halogens is 1. The van der Waals surface area contributed by atoms with Crippen LogP contribution < -0.4 is 10.1 Å². The third kappa shape index (κ3) is 5.25. The van der Waals surface area contributed by atoms with Crippen molar-refractivity contribution in [3.63, 3.8) is 0 Å². The molecule has 0 aliphatic carbocycles. The maximum Gasteiger partial charge on any atom is 0.154 e. The summed E-state index contributed by atoms with van der Waals surface area (Å²) in [5, 5.41) is 3.27. The Balaban J connectivity index is 1.90. The van der Waals surface area contributed by atoms with E-state index in [1.54, 1.807) is 7.11 Å². The molecular formula is C14H20BrNO4S. The lowest BCUT2D eigenvalue weighted by Gasteiger charge is -2.14. The lowest BCUT2D eigenvalue weighted by Crippen LogP contribution is -2.19. The van der Waals surface area contributed by atoms with Crippen molar-refractivity contribution in [2.75, 3.05) is 31.8 Å². The van der Waals surface area contributed by atoms with E-state index < -0.39 is 9.84 Å². The maximum absolute atomic E-state index is 11.4. The van der Waals surface area contributed by atoms with E-state index in [1.165, 1.54) is 0 Å². The average Bonchev–Trinajstić information content (AvgIpc) is 2.77. The fourth-order valence-corrected chi connectivity index (χ4v) is 4.30. The molecule has 1 fully saturated rings. The van der Waals surface area contributed by atoms with Crippen LogP contribution in [-0.2, 0) is 21.1 Å². The Morgan fingerprint density at radius 1 is 1.43 bits per heavy atom. The molecule has 1 unspecified atom stereocenters. The number of hydrogen-bond donors (Lipinski definition) is 1. The first kappa shape index (κ1) is 16.7. The summed E-state index contributed by atoms with van der Waals surface area (Å²) in [6, 6.07) is 5.84. The minimum atomic E-state index is -2.92. The molecule has 1 aliphatic heterocycles. The maximum atomic E-state index is 11.4. The molecule has 0 amide bonds. The van der Waals surface area contributed by atoms with E-state index in [2.05, 4.69) is 21.2 Å². The Bertz CT molecular complexity index is 576. The Kier molecular flexibility index (Phi) is 6.04. The first-order valence-corrected chi connectivity index (χ1v) is 9.47. The topological polar surface area (TPSA) is 64.6 Å². The van der Waals surface area contributed by atoms with Crippen LogP contribution in [0.2, 0.25) is 0 Å². The summed E-state index contributed by atoms with van der Waals surface area (Å²) in [4.78, 5) is 0. The van der Waals surface area contributed by atoms with Crippen molar-refractivity contribution < 1.29 is 17.9 Å². The van der Waals surface area contributed by atoms with Crippen LogP contribution in [0.15, 0.2) is 22.7 Å². The van der Waals surface area contributed by atoms with Crippen LogP contribution in [-0.4, -0.2) is 46.3 Å². The van der Waals surface area contributed by atoms with Gasteiger partial charge in [0.25, 0.3) is 0 Å². The highest BCUT2D eigenvalue weighted by molar-refractivity contribution is 9.10. The second-order valence-corrected chi connectivity index (χ2v) is 8.16. The van der Waals surface area contributed by atoms with E-state index in [9.17, 15) is 8.42 Å². The van der Waals surface area contributed by atoms with Crippen LogP contribution in [0.4, 0.5) is 0 Å². The number of nitrogens with one attached hydrogen (secondary N) is 1. The lowest BCUT2D eigenvalue weighted by molar-refractivity contribution is 0.199. The van der Waals surface area contributed by atoms with Gasteiger partial charge in [-0.1, -0.05) is 6.07 Å². The second kappa shape index (κ2) is 7.58. The summed E-state index contributed by atoms with van der Waals surface area (Å²) >= 11 is 3.48. The molecule has 1 aromatic rings. The molecule has 1 atom stereocenters. The van der Waals surface area contributed by atoms with Gasteiger partial charge in [0, 0.05) is 20.2 Å². The average molecular weight is 378 g/mol. The van der Waals surface area contributed by atoms with Crippen molar-refractivity contribution in [1.82, 2.24) is 5.32 Å². The van der Waals surface area contributed by atoms with Crippen LogP contribution in [0.1, 0.15) is 12.0 Å². The first-order valence-electron chi connectivity index (χ1n) is 6.85. The van der Waals surface area contributed by atoms with Crippen molar-refractivity contribution in [2.24, 2.45) is 0 Å². The van der Waals surface area contributed by atoms with Crippen LogP contribution in [0, 0.1) is 0 Å². The van der Waals surface area contributed by atoms with Gasteiger partial charge in [-0.2, -0.15) is 0 Å². The molecule has 1 heterocycles. The molecule has 0 saturated carbocycles. The highest BCUT2D eigenvalue weighted by Crippen LogP contribution is 2.29. The molecule has 118 valence electrons. The number of ether oxygens (including phenoxy) is 2. The summed E-state index contributed by atoms with van der Waals surface area (Å²) in [6.45, 7) is 2.23. The molecule has 21 heavy (non-hydrogen) atoms. The molecule has 1 saturated heterocycles. The molecule has 0 radical (unpaired) electrons. The number of hydrogen-bond acceptors (Lipinski definition) is 5. The summed E-state index contributed by atoms with van der Waals surface area (Å²) in [7, 11) is -1.24. The van der Waals surface area contributed by atoms with Crippen molar-refractivity contribution in [2.45, 2.75) is 19.1 Å². The molecule has 1 aromatic carbocycles. The van der Waals surface area contributed by atoms with Crippen LogP contribution in [0.5, 0.6) is 5.75 Å². The van der Waals surface area contributed by atoms with Gasteiger partial charge in [-0.15, -0.1) is 0 Å². The van der Waals surface area contributed by atoms with E-state index in [4.69, 9.17) is 9.47 Å². The van der Waals surface area contributed by atoms with Crippen molar-refractivity contribution in [3.05, 3.63) is 28.2 Å². The zero-order chi connectivity index (χ0) is 15.3. The van der Waals surface area contributed by atoms with Crippen molar-refractivity contribution >= 4 is 25.8 Å². The van der Waals surface area contributed by atoms with Gasteiger partial charge < -0.3 is 14.8 Å². The Morgan fingerprint density at radius 3 is 2.86 bits per heavy atom. The SMILES string of the molecule is COCCNCc1ccc(OC2CCS(=O)(=O)C2)c(Br)c1. The summed E-state index contributed by atoms with van der Waals surface area (Å²) in [5.41, 5.74) is 1.13. The monoisotopic (exact) mass is 377 g/mol. The first-order chi connectivity index (χ1) is 10.00. The van der Waals surface area contributed by atoms with Gasteiger partial charge in [0.15, 0.2) is 9.84 Å². The van der Waals surface area contributed by atoms with E-state index in [-0.39, 0.29) is 17.6 Å². The van der Waals surface area contributed by atoms with Gasteiger partial charge in [-0.05, 0) is 40.0 Å². The summed E-state index contributed by atoms with van der Waals surface area (Å²) in [6.07, 6.45) is 0.326. The largest absolute Gasteiger partial charge is 0.488 e. The van der Waals surface area contributed by atoms with Gasteiger partial charge in [-0.25, -0.2) is 8.42 Å². The zero-order valence-electron chi connectivity index (χ0n) is 12.0. The summed E-state index contributed by atoms with van der Waals surface area (Å²) < 4.78 is 34.5. The van der Waals surface area contributed by atoms with Gasteiger partial charge in [-0.3, -0.25) is 0 Å². The molecule has 7 heteroatoms. The highest BCUT2D eigenvalue weighted by atomic mass is 79.9. The second-order valence-electron chi connectivity index (χ2n) is 5.08. The van der Waals surface area contributed by atoms with Gasteiger partial charge in [0.1, 0.15) is 11.9 Å². The zero-order valence-corrected chi connectivity index (χ0v) is 14.4. The smallest absolute Gasteiger partial charge is 0.154 e. The lowest BCUT2D eigenvalue weighted by atomic mass is 10.2. The molecule has 0 aromatic heterocycles. The van der Waals surface area contributed by atoms with E-state index in [0.29, 0.717) is 18.8 Å². The third-order valence-corrected chi connectivity index (χ3v) is 5.65. The number of sulfone groups is 1. The van der Waals surface area contributed by atoms with E-state index >= 15 is 0 Å². The fraction of sp³-hybridized carbons (Fsp3) is 0.571. The van der Waals surface area contributed by atoms with Crippen LogP contribution in [0.3, 0.4) is 0 Å². The molecule has 0 bridgehead atoms. The van der Waals surface area contributed by atoms with Crippen LogP contribution >= 0.6 is 15.9 Å². The molecular weight excluding hydrogens is 358 g/mol. The summed E-state index contributed by atoms with van der Waals surface area (Å²) in [5.74, 6) is 1.02. The quantitative estimate of drug-likeness (QED) is 0.733. The molecule has 2 rings (SSSR count). The minimum Gasteiger partial charge on any atom is -0.488 e. The van der Waals surface area contributed by atoms with Crippen molar-refractivity contribution in [3.8, 4) is 5.75 Å². The standard InChI is InChI=1S/C14H20BrNO4S/c1-19-6-5-16-9-11-2-3-14(13(15)8-11)20-12-4-7-21(17,18)10-12/h2-3,8,12,16H,4-7,9-10H2,1H3. The predicted molar refractivity (Wildman–Crippen MR) is 85.4 cm³/mol. The van der Waals surface area contributed by atoms with Gasteiger partial charge in [0.05, 0.1) is 22.6 Å². The van der Waals surface area contributed by atoms with Crippen molar-refractivity contribution in [1.29, 1.82) is 0 Å². The number of rotatable bonds is 7. The Labute approximate surface area is 134 Å². The van der Waals surface area contributed by atoms with E-state index in [0.717, 1.165) is 23.1 Å². The third-order valence-electron chi connectivity index (χ3n) is 3.29. The van der Waals surface area contributed by atoms with E-state index in [1.807, 2.05) is 18.2 Å². The minimum absolute atomic E-state index is 0.111. The Morgan fingerprint density at radius 2 is 2.24 bits per heavy atom. The molecule has 1 aliphatic rings. The van der Waals surface area contributed by atoms with Gasteiger partial charge >= 0.3 is 0 Å². The highest BCUT2D eigenvalue weighted by Gasteiger charge is 2.29. The number of methoxy groups -OCH3 is 1. The number of benzene rings is 1. The molecule has 0 spiro atoms. The van der Waals surface area contributed by atoms with Gasteiger partial charge in [0.2, 0.25) is 0 Å². The normalized spacial score (nSPS) is 20.6. The van der Waals surface area contributed by atoms with Crippen LogP contribution in [0.25, 0.3) is 0 Å². The fourth-order valence-electron chi connectivity index (χ4n) is 2.19. The Hall–Kier alpha value is -0.630. The molecule has 5 nitrogen and oxygen atoms in total.